The van der Waals surface area contributed by atoms with Crippen LogP contribution in [0.1, 0.15) is 11.3 Å². The van der Waals surface area contributed by atoms with Gasteiger partial charge in [-0.25, -0.2) is 4.98 Å². The van der Waals surface area contributed by atoms with Gasteiger partial charge in [0.15, 0.2) is 0 Å². The van der Waals surface area contributed by atoms with Crippen LogP contribution in [0.5, 0.6) is 5.75 Å². The molecule has 3 heterocycles. The molecule has 4 aromatic rings. The first-order valence-electron chi connectivity index (χ1n) is 12.3. The molecule has 0 saturated heterocycles. The molecule has 0 bridgehead atoms. The van der Waals surface area contributed by atoms with Gasteiger partial charge in [0, 0.05) is 72.7 Å². The highest BCUT2D eigenvalue weighted by atomic mass is 31.2. The summed E-state index contributed by atoms with van der Waals surface area (Å²) < 4.78 is 20.6. The summed E-state index contributed by atoms with van der Waals surface area (Å²) in [6.45, 7) is 8.29. The molecule has 0 spiro atoms. The number of nitrogens with zero attached hydrogens (tertiary/aromatic N) is 5. The summed E-state index contributed by atoms with van der Waals surface area (Å²) in [4.78, 5) is 11.5. The topological polar surface area (TPSA) is 97.2 Å². The Bertz CT molecular complexity index is 1570. The molecule has 2 aromatic carbocycles. The van der Waals surface area contributed by atoms with Gasteiger partial charge in [-0.15, -0.1) is 0 Å². The molecule has 2 aromatic heterocycles. The zero-order valence-corrected chi connectivity index (χ0v) is 23.2. The maximum absolute atomic E-state index is 12.9. The molecule has 0 saturated carbocycles. The van der Waals surface area contributed by atoms with Crippen LogP contribution in [-0.4, -0.2) is 53.8 Å². The first-order chi connectivity index (χ1) is 18.2. The molecule has 38 heavy (non-hydrogen) atoms. The van der Waals surface area contributed by atoms with Crippen molar-refractivity contribution >= 4 is 47.4 Å². The second-order valence-corrected chi connectivity index (χ2v) is 12.9. The number of hydrogen-bond donors (Lipinski definition) is 2. The van der Waals surface area contributed by atoms with E-state index in [2.05, 4.69) is 45.3 Å². The highest BCUT2D eigenvalue weighted by molar-refractivity contribution is 7.70. The molecule has 0 aliphatic carbocycles. The van der Waals surface area contributed by atoms with Gasteiger partial charge in [0.25, 0.3) is 0 Å². The SMILES string of the molecule is C=Cc1cnc(Nc2cc3c(cc2OC)N(C)CCc2c-3cnn2C)nc1Nc1ccccc1P(C)(C)=O. The van der Waals surface area contributed by atoms with E-state index in [1.165, 1.54) is 5.69 Å². The van der Waals surface area contributed by atoms with Crippen LogP contribution in [0, 0.1) is 0 Å². The largest absolute Gasteiger partial charge is 0.494 e. The zero-order valence-electron chi connectivity index (χ0n) is 22.3. The maximum Gasteiger partial charge on any atom is 0.229 e. The summed E-state index contributed by atoms with van der Waals surface area (Å²) in [6.07, 6.45) is 6.20. The lowest BCUT2D eigenvalue weighted by atomic mass is 10.0. The number of aromatic nitrogens is 4. The minimum Gasteiger partial charge on any atom is -0.494 e. The number of benzene rings is 2. The van der Waals surface area contributed by atoms with Gasteiger partial charge in [0.1, 0.15) is 18.7 Å². The van der Waals surface area contributed by atoms with Crippen LogP contribution in [0.3, 0.4) is 0 Å². The lowest BCUT2D eigenvalue weighted by molar-refractivity contribution is 0.417. The standard InChI is InChI=1S/C28H32N7O2P/c1-7-18-16-29-28(33-27(18)31-21-10-8-9-11-26(21)38(5,6)36)32-22-14-19-20-17-30-35(3)23(20)12-13-34(2)24(19)15-25(22)37-4/h7-11,14-17H,1,12-13H2,2-6H3,(H2,29,31,32,33). The van der Waals surface area contributed by atoms with E-state index < -0.39 is 7.14 Å². The molecule has 0 radical (unpaired) electrons. The predicted molar refractivity (Wildman–Crippen MR) is 156 cm³/mol. The molecule has 2 N–H and O–H groups in total. The number of methoxy groups -OCH3 is 1. The minimum atomic E-state index is -2.51. The fourth-order valence-electron chi connectivity index (χ4n) is 4.74. The predicted octanol–water partition coefficient (Wildman–Crippen LogP) is 5.26. The summed E-state index contributed by atoms with van der Waals surface area (Å²) >= 11 is 0. The van der Waals surface area contributed by atoms with Crippen molar-refractivity contribution in [3.8, 4) is 16.9 Å². The quantitative estimate of drug-likeness (QED) is 0.313. The van der Waals surface area contributed by atoms with Gasteiger partial charge in [0.2, 0.25) is 5.95 Å². The van der Waals surface area contributed by atoms with Crippen LogP contribution >= 0.6 is 7.14 Å². The molecule has 0 atom stereocenters. The number of fused-ring (bicyclic) bond motifs is 3. The van der Waals surface area contributed by atoms with Gasteiger partial charge in [-0.05, 0) is 31.5 Å². The van der Waals surface area contributed by atoms with Crippen molar-refractivity contribution in [3.05, 3.63) is 66.6 Å². The molecule has 1 aliphatic heterocycles. The van der Waals surface area contributed by atoms with Crippen molar-refractivity contribution in [1.82, 2.24) is 19.7 Å². The Balaban J connectivity index is 1.55. The third kappa shape index (κ3) is 4.77. The molecule has 10 heteroatoms. The van der Waals surface area contributed by atoms with Crippen molar-refractivity contribution in [1.29, 1.82) is 0 Å². The molecule has 1 aliphatic rings. The summed E-state index contributed by atoms with van der Waals surface area (Å²) in [5.41, 5.74) is 6.63. The van der Waals surface area contributed by atoms with E-state index in [1.807, 2.05) is 48.3 Å². The first-order valence-corrected chi connectivity index (χ1v) is 14.9. The fourth-order valence-corrected chi connectivity index (χ4v) is 5.90. The van der Waals surface area contributed by atoms with Crippen LogP contribution in [-0.2, 0) is 18.0 Å². The van der Waals surface area contributed by atoms with E-state index in [0.29, 0.717) is 17.5 Å². The Hall–Kier alpha value is -4.10. The number of ether oxygens (including phenoxy) is 1. The van der Waals surface area contributed by atoms with E-state index in [-0.39, 0.29) is 0 Å². The smallest absolute Gasteiger partial charge is 0.229 e. The lowest BCUT2D eigenvalue weighted by Gasteiger charge is -2.22. The third-order valence-electron chi connectivity index (χ3n) is 6.79. The van der Waals surface area contributed by atoms with Crippen LogP contribution in [0.15, 0.2) is 55.4 Å². The van der Waals surface area contributed by atoms with Crippen LogP contribution < -0.4 is 25.6 Å². The summed E-state index contributed by atoms with van der Waals surface area (Å²) in [5, 5.41) is 12.0. The van der Waals surface area contributed by atoms with E-state index in [9.17, 15) is 4.57 Å². The zero-order chi connectivity index (χ0) is 27.0. The molecule has 5 rings (SSSR count). The second kappa shape index (κ2) is 9.99. The third-order valence-corrected chi connectivity index (χ3v) is 8.34. The molecular weight excluding hydrogens is 497 g/mol. The average Bonchev–Trinajstić information content (AvgIpc) is 3.20. The molecule has 0 fully saturated rings. The average molecular weight is 530 g/mol. The number of aryl methyl sites for hydroxylation is 1. The number of anilines is 5. The fraction of sp³-hybridized carbons (Fsp3) is 0.250. The van der Waals surface area contributed by atoms with E-state index in [1.54, 1.807) is 32.7 Å². The van der Waals surface area contributed by atoms with Gasteiger partial charge >= 0.3 is 0 Å². The Morgan fingerprint density at radius 3 is 2.61 bits per heavy atom. The Labute approximate surface area is 223 Å². The maximum atomic E-state index is 12.9. The summed E-state index contributed by atoms with van der Waals surface area (Å²) in [5.74, 6) is 1.62. The van der Waals surface area contributed by atoms with Crippen LogP contribution in [0.25, 0.3) is 17.2 Å². The van der Waals surface area contributed by atoms with E-state index in [4.69, 9.17) is 9.72 Å². The number of rotatable bonds is 7. The molecule has 0 amide bonds. The summed E-state index contributed by atoms with van der Waals surface area (Å²) in [6, 6.07) is 11.7. The first kappa shape index (κ1) is 25.5. The van der Waals surface area contributed by atoms with Crippen LogP contribution in [0.2, 0.25) is 0 Å². The second-order valence-electron chi connectivity index (χ2n) is 9.69. The Kier molecular flexibility index (Phi) is 6.71. The van der Waals surface area contributed by atoms with Crippen molar-refractivity contribution < 1.29 is 9.30 Å². The molecule has 196 valence electrons. The van der Waals surface area contributed by atoms with Gasteiger partial charge in [0.05, 0.1) is 24.7 Å². The van der Waals surface area contributed by atoms with Gasteiger partial charge in [-0.3, -0.25) is 4.68 Å². The van der Waals surface area contributed by atoms with Gasteiger partial charge < -0.3 is 24.8 Å². The van der Waals surface area contributed by atoms with Crippen molar-refractivity contribution in [2.75, 3.05) is 49.6 Å². The molecular formula is C28H32N7O2P. The number of nitrogens with one attached hydrogen (secondary N) is 2. The summed E-state index contributed by atoms with van der Waals surface area (Å²) in [7, 11) is 3.20. The van der Waals surface area contributed by atoms with Crippen molar-refractivity contribution in [2.24, 2.45) is 7.05 Å². The molecule has 0 unspecified atom stereocenters. The number of para-hydroxylation sites is 1. The highest BCUT2D eigenvalue weighted by Crippen LogP contribution is 2.43. The van der Waals surface area contributed by atoms with Gasteiger partial charge in [-0.1, -0.05) is 24.8 Å². The van der Waals surface area contributed by atoms with Crippen LogP contribution in [0.4, 0.5) is 28.8 Å². The number of likely N-dealkylation sites (N-methyl/N-ethyl adjacent to an activating group) is 1. The Morgan fingerprint density at radius 2 is 1.87 bits per heavy atom. The number of hydrogen-bond acceptors (Lipinski definition) is 8. The van der Waals surface area contributed by atoms with E-state index >= 15 is 0 Å². The monoisotopic (exact) mass is 529 g/mol. The van der Waals surface area contributed by atoms with Crippen molar-refractivity contribution in [3.63, 3.8) is 0 Å². The molecule has 9 nitrogen and oxygen atoms in total. The lowest BCUT2D eigenvalue weighted by Crippen LogP contribution is -2.20. The highest BCUT2D eigenvalue weighted by Gasteiger charge is 2.24. The minimum absolute atomic E-state index is 0.387. The normalized spacial score (nSPS) is 12.8. The van der Waals surface area contributed by atoms with Crippen molar-refractivity contribution in [2.45, 2.75) is 6.42 Å². The van der Waals surface area contributed by atoms with E-state index in [0.717, 1.165) is 52.0 Å². The van der Waals surface area contributed by atoms with Gasteiger partial charge in [-0.2, -0.15) is 10.1 Å². The Morgan fingerprint density at radius 1 is 1.08 bits per heavy atom.